The van der Waals surface area contributed by atoms with Crippen molar-refractivity contribution in [2.24, 2.45) is 0 Å². The maximum Gasteiger partial charge on any atom is 0.266 e. The first-order chi connectivity index (χ1) is 17.4. The summed E-state index contributed by atoms with van der Waals surface area (Å²) in [5, 5.41) is 6.16. The zero-order chi connectivity index (χ0) is 25.8. The second kappa shape index (κ2) is 10.7. The van der Waals surface area contributed by atoms with Crippen LogP contribution in [-0.2, 0) is 24.2 Å². The minimum atomic E-state index is -0.361. The smallest absolute Gasteiger partial charge is 0.266 e. The molecule has 36 heavy (non-hydrogen) atoms. The van der Waals surface area contributed by atoms with Crippen LogP contribution < -0.4 is 20.9 Å². The lowest BCUT2D eigenvalue weighted by atomic mass is 10.0. The molecule has 0 aliphatic carbocycles. The van der Waals surface area contributed by atoms with E-state index >= 15 is 0 Å². The van der Waals surface area contributed by atoms with Crippen LogP contribution in [0.25, 0.3) is 10.2 Å². The van der Waals surface area contributed by atoms with Gasteiger partial charge in [-0.05, 0) is 48.6 Å². The molecule has 186 valence electrons. The molecule has 9 heteroatoms. The second-order valence-electron chi connectivity index (χ2n) is 8.27. The number of fused-ring (bicyclic) bond motifs is 1. The van der Waals surface area contributed by atoms with Crippen LogP contribution >= 0.6 is 11.3 Å². The topological polar surface area (TPSA) is 102 Å². The molecule has 4 aromatic rings. The summed E-state index contributed by atoms with van der Waals surface area (Å²) in [4.78, 5) is 44.4. The Morgan fingerprint density at radius 2 is 1.72 bits per heavy atom. The third-order valence-electron chi connectivity index (χ3n) is 6.06. The number of amides is 2. The molecule has 2 N–H and O–H groups in total. The lowest BCUT2D eigenvalue weighted by Crippen LogP contribution is -2.28. The first-order valence-electron chi connectivity index (χ1n) is 11.7. The molecular weight excluding hydrogens is 476 g/mol. The number of hydrogen-bond acceptors (Lipinski definition) is 6. The molecule has 0 aliphatic heterocycles. The number of hydrogen-bond donors (Lipinski definition) is 2. The van der Waals surface area contributed by atoms with E-state index in [0.29, 0.717) is 32.1 Å². The molecule has 8 nitrogen and oxygen atoms in total. The van der Waals surface area contributed by atoms with E-state index in [2.05, 4.69) is 15.6 Å². The highest BCUT2D eigenvalue weighted by Gasteiger charge is 2.21. The summed E-state index contributed by atoms with van der Waals surface area (Å²) in [6.45, 7) is 5.61. The van der Waals surface area contributed by atoms with Crippen LogP contribution in [0.5, 0.6) is 5.75 Å². The molecule has 0 aliphatic rings. The molecule has 0 fully saturated rings. The van der Waals surface area contributed by atoms with Crippen LogP contribution in [-0.4, -0.2) is 28.5 Å². The van der Waals surface area contributed by atoms with Crippen LogP contribution in [0.2, 0.25) is 0 Å². The molecule has 0 saturated heterocycles. The highest BCUT2D eigenvalue weighted by atomic mass is 32.1. The number of para-hydroxylation sites is 3. The predicted molar refractivity (Wildman–Crippen MR) is 143 cm³/mol. The number of carbonyl (C=O) groups excluding carboxylic acids is 2. The Labute approximate surface area is 212 Å². The van der Waals surface area contributed by atoms with E-state index in [1.54, 1.807) is 25.1 Å². The summed E-state index contributed by atoms with van der Waals surface area (Å²) in [6.07, 6.45) is 2.92. The van der Waals surface area contributed by atoms with E-state index < -0.39 is 0 Å². The van der Waals surface area contributed by atoms with E-state index in [1.165, 1.54) is 18.0 Å². The molecule has 0 radical (unpaired) electrons. The Morgan fingerprint density at radius 1 is 1.03 bits per heavy atom. The fourth-order valence-electron chi connectivity index (χ4n) is 4.15. The van der Waals surface area contributed by atoms with E-state index in [9.17, 15) is 14.4 Å². The second-order valence-corrected chi connectivity index (χ2v) is 9.27. The third-order valence-corrected chi connectivity index (χ3v) is 7.25. The van der Waals surface area contributed by atoms with E-state index in [1.807, 2.05) is 38.1 Å². The SMILES string of the molecule is CCc1cccc(CC)c1NC(=O)Cn1cnc2sc(C(=O)Nc3ccccc3OC)c(C)c2c1=O. The first kappa shape index (κ1) is 25.1. The van der Waals surface area contributed by atoms with Gasteiger partial charge < -0.3 is 15.4 Å². The summed E-state index contributed by atoms with van der Waals surface area (Å²) < 4.78 is 6.58. The number of benzene rings is 2. The van der Waals surface area contributed by atoms with Crippen molar-refractivity contribution in [2.45, 2.75) is 40.2 Å². The van der Waals surface area contributed by atoms with Crippen LogP contribution in [0.1, 0.15) is 40.2 Å². The van der Waals surface area contributed by atoms with Gasteiger partial charge in [-0.25, -0.2) is 4.98 Å². The summed E-state index contributed by atoms with van der Waals surface area (Å²) >= 11 is 1.14. The highest BCUT2D eigenvalue weighted by Crippen LogP contribution is 2.30. The van der Waals surface area contributed by atoms with Crippen molar-refractivity contribution in [1.82, 2.24) is 9.55 Å². The summed E-state index contributed by atoms with van der Waals surface area (Å²) in [7, 11) is 1.53. The number of carbonyl (C=O) groups is 2. The van der Waals surface area contributed by atoms with E-state index in [-0.39, 0.29) is 23.9 Å². The van der Waals surface area contributed by atoms with E-state index in [0.717, 1.165) is 41.0 Å². The first-order valence-corrected chi connectivity index (χ1v) is 12.5. The van der Waals surface area contributed by atoms with Gasteiger partial charge >= 0.3 is 0 Å². The normalized spacial score (nSPS) is 10.9. The molecule has 0 bridgehead atoms. The van der Waals surface area contributed by atoms with Gasteiger partial charge in [0.1, 0.15) is 17.1 Å². The average molecular weight is 505 g/mol. The number of methoxy groups -OCH3 is 1. The lowest BCUT2D eigenvalue weighted by molar-refractivity contribution is -0.116. The molecule has 0 unspecified atom stereocenters. The summed E-state index contributed by atoms with van der Waals surface area (Å²) in [5.41, 5.74) is 3.59. The Morgan fingerprint density at radius 3 is 2.39 bits per heavy atom. The van der Waals surface area contributed by atoms with Gasteiger partial charge in [-0.15, -0.1) is 11.3 Å². The van der Waals surface area contributed by atoms with Crippen LogP contribution in [0, 0.1) is 6.92 Å². The summed E-state index contributed by atoms with van der Waals surface area (Å²) in [6, 6.07) is 13.1. The number of nitrogens with zero attached hydrogens (tertiary/aromatic N) is 2. The largest absolute Gasteiger partial charge is 0.495 e. The van der Waals surface area contributed by atoms with Gasteiger partial charge in [-0.2, -0.15) is 0 Å². The number of rotatable bonds is 8. The molecule has 2 aromatic heterocycles. The number of aromatic nitrogens is 2. The van der Waals surface area contributed by atoms with Crippen molar-refractivity contribution in [3.8, 4) is 5.75 Å². The molecule has 0 atom stereocenters. The van der Waals surface area contributed by atoms with Gasteiger partial charge in [0, 0.05) is 5.69 Å². The van der Waals surface area contributed by atoms with Gasteiger partial charge in [0.25, 0.3) is 11.5 Å². The van der Waals surface area contributed by atoms with Gasteiger partial charge in [0.15, 0.2) is 0 Å². The molecule has 4 rings (SSSR count). The molecule has 2 aromatic carbocycles. The van der Waals surface area contributed by atoms with E-state index in [4.69, 9.17) is 4.74 Å². The van der Waals surface area contributed by atoms with Crippen LogP contribution in [0.4, 0.5) is 11.4 Å². The fourth-order valence-corrected chi connectivity index (χ4v) is 5.19. The Hall–Kier alpha value is -3.98. The number of ether oxygens (including phenoxy) is 1. The number of thiophene rings is 1. The predicted octanol–water partition coefficient (Wildman–Crippen LogP) is 4.79. The molecule has 0 spiro atoms. The highest BCUT2D eigenvalue weighted by molar-refractivity contribution is 7.20. The van der Waals surface area contributed by atoms with Crippen molar-refractivity contribution in [3.05, 3.63) is 80.7 Å². The molecule has 0 saturated carbocycles. The third kappa shape index (κ3) is 4.87. The Kier molecular flexibility index (Phi) is 7.49. The van der Waals surface area contributed by atoms with Crippen molar-refractivity contribution < 1.29 is 14.3 Å². The van der Waals surface area contributed by atoms with Crippen molar-refractivity contribution >= 4 is 44.7 Å². The van der Waals surface area contributed by atoms with Crippen molar-refractivity contribution in [2.75, 3.05) is 17.7 Å². The zero-order valence-corrected chi connectivity index (χ0v) is 21.5. The number of nitrogens with one attached hydrogen (secondary N) is 2. The molecule has 2 heterocycles. The monoisotopic (exact) mass is 504 g/mol. The standard InChI is InChI=1S/C27H28N4O4S/c1-5-17-10-9-11-18(6-2)23(17)30-21(32)14-31-15-28-26-22(27(31)34)16(3)24(36-26)25(33)29-19-12-7-8-13-20(19)35-4/h7-13,15H,5-6,14H2,1-4H3,(H,29,33)(H,30,32). The molecule has 2 amide bonds. The maximum absolute atomic E-state index is 13.3. The van der Waals surface area contributed by atoms with Crippen LogP contribution in [0.3, 0.4) is 0 Å². The van der Waals surface area contributed by atoms with Crippen molar-refractivity contribution in [3.63, 3.8) is 0 Å². The van der Waals surface area contributed by atoms with Crippen LogP contribution in [0.15, 0.2) is 53.6 Å². The minimum absolute atomic E-state index is 0.180. The summed E-state index contributed by atoms with van der Waals surface area (Å²) in [5.74, 6) is -0.130. The number of anilines is 2. The minimum Gasteiger partial charge on any atom is -0.495 e. The quantitative estimate of drug-likeness (QED) is 0.359. The zero-order valence-electron chi connectivity index (χ0n) is 20.7. The van der Waals surface area contributed by atoms with Gasteiger partial charge in [0.05, 0.1) is 29.4 Å². The number of aryl methyl sites for hydroxylation is 3. The van der Waals surface area contributed by atoms with Gasteiger partial charge in [-0.3, -0.25) is 19.0 Å². The van der Waals surface area contributed by atoms with Gasteiger partial charge in [0.2, 0.25) is 5.91 Å². The Bertz CT molecular complexity index is 1480. The lowest BCUT2D eigenvalue weighted by Gasteiger charge is -2.15. The maximum atomic E-state index is 13.3. The average Bonchev–Trinajstić information content (AvgIpc) is 3.23. The van der Waals surface area contributed by atoms with Crippen molar-refractivity contribution in [1.29, 1.82) is 0 Å². The fraction of sp³-hybridized carbons (Fsp3) is 0.259. The van der Waals surface area contributed by atoms with Gasteiger partial charge in [-0.1, -0.05) is 44.2 Å². The Balaban J connectivity index is 1.60. The molecular formula is C27H28N4O4S.